The van der Waals surface area contributed by atoms with Crippen molar-refractivity contribution in [3.05, 3.63) is 66.6 Å². The van der Waals surface area contributed by atoms with Crippen LogP contribution >= 0.6 is 0 Å². The summed E-state index contributed by atoms with van der Waals surface area (Å²) in [5, 5.41) is 3.41. The van der Waals surface area contributed by atoms with Crippen molar-refractivity contribution in [2.24, 2.45) is 4.99 Å². The van der Waals surface area contributed by atoms with Crippen molar-refractivity contribution < 1.29 is 9.15 Å². The molecule has 0 bridgehead atoms. The molecule has 1 fully saturated rings. The average Bonchev–Trinajstić information content (AvgIpc) is 3.29. The summed E-state index contributed by atoms with van der Waals surface area (Å²) in [4.78, 5) is 13.7. The molecular weight excluding hydrogens is 378 g/mol. The number of benzene rings is 2. The van der Waals surface area contributed by atoms with E-state index in [1.807, 2.05) is 55.6 Å². The second kappa shape index (κ2) is 9.35. The van der Waals surface area contributed by atoms with Gasteiger partial charge in [0.15, 0.2) is 5.96 Å². The first kappa shape index (κ1) is 19.8. The Morgan fingerprint density at radius 1 is 1.07 bits per heavy atom. The number of aliphatic imine (C=N–C) groups is 1. The van der Waals surface area contributed by atoms with Crippen LogP contribution < -0.4 is 15.0 Å². The topological polar surface area (TPSA) is 66.1 Å². The van der Waals surface area contributed by atoms with E-state index in [9.17, 15) is 0 Å². The summed E-state index contributed by atoms with van der Waals surface area (Å²) in [6.07, 6.45) is 1.70. The summed E-state index contributed by atoms with van der Waals surface area (Å²) in [5.41, 5.74) is 2.96. The summed E-state index contributed by atoms with van der Waals surface area (Å²) in [5.74, 6) is 2.42. The molecule has 30 heavy (non-hydrogen) atoms. The zero-order valence-corrected chi connectivity index (χ0v) is 17.4. The van der Waals surface area contributed by atoms with Crippen molar-refractivity contribution in [3.63, 3.8) is 0 Å². The van der Waals surface area contributed by atoms with Crippen LogP contribution in [0.25, 0.3) is 11.5 Å². The summed E-state index contributed by atoms with van der Waals surface area (Å²) in [6, 6.07) is 18.1. The molecule has 0 saturated carbocycles. The molecule has 0 amide bonds. The number of guanidine groups is 1. The third-order valence-electron chi connectivity index (χ3n) is 5.22. The highest BCUT2D eigenvalue weighted by molar-refractivity contribution is 5.80. The van der Waals surface area contributed by atoms with Crippen LogP contribution in [0.4, 0.5) is 5.69 Å². The highest BCUT2D eigenvalue weighted by atomic mass is 16.5. The quantitative estimate of drug-likeness (QED) is 0.519. The molecule has 0 aliphatic carbocycles. The highest BCUT2D eigenvalue weighted by Gasteiger charge is 2.21. The van der Waals surface area contributed by atoms with Crippen molar-refractivity contribution in [2.75, 3.05) is 45.2 Å². The minimum atomic E-state index is 0.565. The van der Waals surface area contributed by atoms with E-state index >= 15 is 0 Å². The van der Waals surface area contributed by atoms with Crippen molar-refractivity contribution in [1.82, 2.24) is 15.2 Å². The number of nitrogens with one attached hydrogen (secondary N) is 1. The number of aromatic nitrogens is 1. The van der Waals surface area contributed by atoms with Crippen molar-refractivity contribution in [1.29, 1.82) is 0 Å². The predicted molar refractivity (Wildman–Crippen MR) is 119 cm³/mol. The van der Waals surface area contributed by atoms with Gasteiger partial charge in [-0.25, -0.2) is 4.98 Å². The van der Waals surface area contributed by atoms with Gasteiger partial charge in [-0.2, -0.15) is 0 Å². The first-order valence-corrected chi connectivity index (χ1v) is 10.1. The lowest BCUT2D eigenvalue weighted by Crippen LogP contribution is -2.52. The number of oxazole rings is 1. The Morgan fingerprint density at radius 2 is 1.80 bits per heavy atom. The average molecular weight is 406 g/mol. The Balaban J connectivity index is 1.33. The van der Waals surface area contributed by atoms with Gasteiger partial charge in [0.25, 0.3) is 0 Å². The molecule has 2 aromatic carbocycles. The van der Waals surface area contributed by atoms with E-state index in [1.165, 1.54) is 0 Å². The molecule has 1 N–H and O–H groups in total. The van der Waals surface area contributed by atoms with Crippen LogP contribution in [0.1, 0.15) is 5.69 Å². The standard InChI is InChI=1S/C23H27N5O2/c1-24-23(25-16-19-17-30-22(26-19)18-8-4-3-5-9-18)28-14-12-27(13-15-28)20-10-6-7-11-21(20)29-2/h3-11,17H,12-16H2,1-2H3,(H,24,25). The molecule has 0 radical (unpaired) electrons. The lowest BCUT2D eigenvalue weighted by atomic mass is 10.2. The molecule has 1 aliphatic heterocycles. The van der Waals surface area contributed by atoms with Gasteiger partial charge in [-0.3, -0.25) is 4.99 Å². The summed E-state index contributed by atoms with van der Waals surface area (Å²) >= 11 is 0. The minimum absolute atomic E-state index is 0.565. The van der Waals surface area contributed by atoms with E-state index < -0.39 is 0 Å². The minimum Gasteiger partial charge on any atom is -0.495 e. The number of methoxy groups -OCH3 is 1. The van der Waals surface area contributed by atoms with E-state index in [0.29, 0.717) is 12.4 Å². The number of hydrogen-bond acceptors (Lipinski definition) is 5. The number of anilines is 1. The van der Waals surface area contributed by atoms with Crippen LogP contribution in [-0.4, -0.2) is 56.2 Å². The maximum atomic E-state index is 5.62. The van der Waals surface area contributed by atoms with Gasteiger partial charge in [-0.15, -0.1) is 0 Å². The Labute approximate surface area is 177 Å². The van der Waals surface area contributed by atoms with Gasteiger partial charge in [0.05, 0.1) is 25.0 Å². The first-order valence-electron chi connectivity index (χ1n) is 10.1. The number of nitrogens with zero attached hydrogens (tertiary/aromatic N) is 4. The molecule has 1 aromatic heterocycles. The van der Waals surface area contributed by atoms with Crippen LogP contribution in [0, 0.1) is 0 Å². The molecule has 3 aromatic rings. The molecule has 7 heteroatoms. The summed E-state index contributed by atoms with van der Waals surface area (Å²) in [6.45, 7) is 4.14. The Kier molecular flexibility index (Phi) is 6.17. The maximum Gasteiger partial charge on any atom is 0.226 e. The molecule has 1 saturated heterocycles. The first-order chi connectivity index (χ1) is 14.8. The third kappa shape index (κ3) is 4.40. The van der Waals surface area contributed by atoms with Gasteiger partial charge in [0.1, 0.15) is 12.0 Å². The SMILES string of the molecule is CN=C(NCc1coc(-c2ccccc2)n1)N1CCN(c2ccccc2OC)CC1. The Bertz CT molecular complexity index is 978. The van der Waals surface area contributed by atoms with Crippen LogP contribution in [-0.2, 0) is 6.54 Å². The largest absolute Gasteiger partial charge is 0.495 e. The maximum absolute atomic E-state index is 5.62. The molecule has 0 atom stereocenters. The van der Waals surface area contributed by atoms with Gasteiger partial charge in [-0.05, 0) is 24.3 Å². The zero-order valence-electron chi connectivity index (χ0n) is 17.4. The number of para-hydroxylation sites is 2. The van der Waals surface area contributed by atoms with Crippen LogP contribution in [0.5, 0.6) is 5.75 Å². The van der Waals surface area contributed by atoms with E-state index in [0.717, 1.165) is 54.8 Å². The molecular formula is C23H27N5O2. The lowest BCUT2D eigenvalue weighted by molar-refractivity contribution is 0.367. The van der Waals surface area contributed by atoms with Crippen molar-refractivity contribution in [3.8, 4) is 17.2 Å². The smallest absolute Gasteiger partial charge is 0.226 e. The molecule has 0 unspecified atom stereocenters. The highest BCUT2D eigenvalue weighted by Crippen LogP contribution is 2.28. The third-order valence-corrected chi connectivity index (χ3v) is 5.22. The molecule has 4 rings (SSSR count). The van der Waals surface area contributed by atoms with E-state index in [4.69, 9.17) is 9.15 Å². The van der Waals surface area contributed by atoms with Gasteiger partial charge in [0.2, 0.25) is 5.89 Å². The van der Waals surface area contributed by atoms with E-state index in [1.54, 1.807) is 13.4 Å². The summed E-state index contributed by atoms with van der Waals surface area (Å²) in [7, 11) is 3.53. The normalized spacial score (nSPS) is 14.7. The van der Waals surface area contributed by atoms with Gasteiger partial charge >= 0.3 is 0 Å². The van der Waals surface area contributed by atoms with Crippen LogP contribution in [0.3, 0.4) is 0 Å². The van der Waals surface area contributed by atoms with Gasteiger partial charge < -0.3 is 24.3 Å². The summed E-state index contributed by atoms with van der Waals surface area (Å²) < 4.78 is 11.1. The van der Waals surface area contributed by atoms with E-state index in [2.05, 4.69) is 31.2 Å². The predicted octanol–water partition coefficient (Wildman–Crippen LogP) is 3.25. The lowest BCUT2D eigenvalue weighted by Gasteiger charge is -2.38. The fourth-order valence-corrected chi connectivity index (χ4v) is 3.65. The molecule has 2 heterocycles. The molecule has 7 nitrogen and oxygen atoms in total. The van der Waals surface area contributed by atoms with Crippen molar-refractivity contribution in [2.45, 2.75) is 6.54 Å². The zero-order chi connectivity index (χ0) is 20.8. The molecule has 0 spiro atoms. The number of ether oxygens (including phenoxy) is 1. The number of piperazine rings is 1. The molecule has 1 aliphatic rings. The number of rotatable bonds is 5. The van der Waals surface area contributed by atoms with E-state index in [-0.39, 0.29) is 0 Å². The fourth-order valence-electron chi connectivity index (χ4n) is 3.65. The molecule has 156 valence electrons. The van der Waals surface area contributed by atoms with Gasteiger partial charge in [0, 0.05) is 38.8 Å². The fraction of sp³-hybridized carbons (Fsp3) is 0.304. The van der Waals surface area contributed by atoms with Crippen LogP contribution in [0.15, 0.2) is 70.3 Å². The Hall–Kier alpha value is -3.48. The second-order valence-corrected chi connectivity index (χ2v) is 7.06. The second-order valence-electron chi connectivity index (χ2n) is 7.06. The van der Waals surface area contributed by atoms with Crippen LogP contribution in [0.2, 0.25) is 0 Å². The Morgan fingerprint density at radius 3 is 2.53 bits per heavy atom. The number of hydrogen-bond donors (Lipinski definition) is 1. The van der Waals surface area contributed by atoms with Crippen molar-refractivity contribution >= 4 is 11.6 Å². The monoisotopic (exact) mass is 405 g/mol. The van der Waals surface area contributed by atoms with Gasteiger partial charge in [-0.1, -0.05) is 30.3 Å².